The molecular weight excluding hydrogens is 322 g/mol. The van der Waals surface area contributed by atoms with Crippen molar-refractivity contribution in [2.24, 2.45) is 0 Å². The first-order chi connectivity index (χ1) is 9.51. The van der Waals surface area contributed by atoms with Crippen molar-refractivity contribution in [2.45, 2.75) is 13.0 Å². The van der Waals surface area contributed by atoms with Crippen molar-refractivity contribution in [1.82, 2.24) is 5.32 Å². The van der Waals surface area contributed by atoms with E-state index in [1.807, 2.05) is 0 Å². The Labute approximate surface area is 126 Å². The molecule has 0 heterocycles. The van der Waals surface area contributed by atoms with Crippen LogP contribution in [0.3, 0.4) is 0 Å². The molecule has 0 aliphatic carbocycles. The van der Waals surface area contributed by atoms with Gasteiger partial charge in [-0.15, -0.1) is 0 Å². The summed E-state index contributed by atoms with van der Waals surface area (Å²) in [7, 11) is -3.26. The fourth-order valence-electron chi connectivity index (χ4n) is 1.69. The minimum atomic E-state index is -3.26. The molecule has 0 aliphatic heterocycles. The average molecular weight is 336 g/mol. The van der Waals surface area contributed by atoms with Gasteiger partial charge in [0.15, 0.2) is 0 Å². The molecule has 21 heavy (non-hydrogen) atoms. The van der Waals surface area contributed by atoms with Crippen LogP contribution in [0.2, 0.25) is 5.02 Å². The number of halogens is 1. The van der Waals surface area contributed by atoms with Crippen molar-refractivity contribution >= 4 is 38.7 Å². The third kappa shape index (κ3) is 4.87. The summed E-state index contributed by atoms with van der Waals surface area (Å²) in [5.41, 5.74) is 4.67. The summed E-state index contributed by atoms with van der Waals surface area (Å²) in [6, 6.07) is 1.53. The van der Waals surface area contributed by atoms with Gasteiger partial charge in [-0.05, 0) is 13.0 Å². The molecule has 1 atom stereocenters. The highest BCUT2D eigenvalue weighted by Gasteiger charge is 2.21. The molecule has 116 valence electrons. The fourth-order valence-corrected chi connectivity index (χ4v) is 2.89. The van der Waals surface area contributed by atoms with Gasteiger partial charge in [-0.2, -0.15) is 0 Å². The van der Waals surface area contributed by atoms with E-state index >= 15 is 0 Å². The van der Waals surface area contributed by atoms with Gasteiger partial charge in [-0.3, -0.25) is 14.9 Å². The van der Waals surface area contributed by atoms with Gasteiger partial charge in [0.25, 0.3) is 11.6 Å². The first-order valence-corrected chi connectivity index (χ1v) is 8.17. The van der Waals surface area contributed by atoms with Gasteiger partial charge in [0, 0.05) is 23.9 Å². The van der Waals surface area contributed by atoms with Crippen LogP contribution in [0.4, 0.5) is 11.4 Å². The number of nitrogens with one attached hydrogen (secondary N) is 1. The number of amides is 1. The number of nitro groups is 1. The van der Waals surface area contributed by atoms with E-state index in [1.165, 1.54) is 13.0 Å². The monoisotopic (exact) mass is 335 g/mol. The van der Waals surface area contributed by atoms with Gasteiger partial charge in [-0.1, -0.05) is 11.6 Å². The van der Waals surface area contributed by atoms with Crippen LogP contribution in [-0.2, 0) is 9.84 Å². The number of nitrogens with two attached hydrogens (primary N) is 1. The van der Waals surface area contributed by atoms with Crippen molar-refractivity contribution in [1.29, 1.82) is 0 Å². The highest BCUT2D eigenvalue weighted by atomic mass is 35.5. The molecule has 1 rings (SSSR count). The molecule has 0 spiro atoms. The normalized spacial score (nSPS) is 12.7. The molecule has 10 heteroatoms. The maximum Gasteiger partial charge on any atom is 0.294 e. The molecule has 0 saturated carbocycles. The quantitative estimate of drug-likeness (QED) is 0.468. The number of benzene rings is 1. The topological polar surface area (TPSA) is 132 Å². The molecule has 0 bridgehead atoms. The molecule has 0 saturated heterocycles. The SMILES string of the molecule is CC(CS(C)(=O)=O)NC(=O)c1cc(Cl)c(N)c([N+](=O)[O-])c1. The van der Waals surface area contributed by atoms with Crippen LogP contribution < -0.4 is 11.1 Å². The lowest BCUT2D eigenvalue weighted by molar-refractivity contribution is -0.383. The summed E-state index contributed by atoms with van der Waals surface area (Å²) in [5, 5.41) is 13.1. The number of hydrogen-bond donors (Lipinski definition) is 2. The summed E-state index contributed by atoms with van der Waals surface area (Å²) in [6.45, 7) is 1.51. The van der Waals surface area contributed by atoms with Crippen LogP contribution in [0.1, 0.15) is 17.3 Å². The molecule has 8 nitrogen and oxygen atoms in total. The first kappa shape index (κ1) is 17.2. The molecule has 0 aromatic heterocycles. The molecule has 1 amide bonds. The van der Waals surface area contributed by atoms with Crippen LogP contribution in [0.5, 0.6) is 0 Å². The predicted octanol–water partition coefficient (Wildman–Crippen LogP) is 0.993. The van der Waals surface area contributed by atoms with Gasteiger partial charge in [0.05, 0.1) is 15.7 Å². The summed E-state index contributed by atoms with van der Waals surface area (Å²) >= 11 is 5.74. The zero-order valence-electron chi connectivity index (χ0n) is 11.3. The van der Waals surface area contributed by atoms with Gasteiger partial charge in [0.2, 0.25) is 0 Å². The Balaban J connectivity index is 3.01. The number of rotatable bonds is 5. The molecule has 1 aromatic rings. The van der Waals surface area contributed by atoms with Crippen molar-refractivity contribution in [2.75, 3.05) is 17.7 Å². The van der Waals surface area contributed by atoms with Gasteiger partial charge >= 0.3 is 0 Å². The predicted molar refractivity (Wildman–Crippen MR) is 79.2 cm³/mol. The lowest BCUT2D eigenvalue weighted by Crippen LogP contribution is -2.37. The Bertz CT molecular complexity index is 689. The number of hydrogen-bond acceptors (Lipinski definition) is 6. The summed E-state index contributed by atoms with van der Waals surface area (Å²) in [4.78, 5) is 22.0. The molecule has 3 N–H and O–H groups in total. The largest absolute Gasteiger partial charge is 0.392 e. The smallest absolute Gasteiger partial charge is 0.294 e. The Morgan fingerprint density at radius 2 is 2.10 bits per heavy atom. The zero-order chi connectivity index (χ0) is 16.4. The lowest BCUT2D eigenvalue weighted by Gasteiger charge is -2.13. The Hall–Kier alpha value is -1.87. The van der Waals surface area contributed by atoms with Crippen molar-refractivity contribution < 1.29 is 18.1 Å². The summed E-state index contributed by atoms with van der Waals surface area (Å²) in [5.74, 6) is -0.917. The van der Waals surface area contributed by atoms with Gasteiger partial charge < -0.3 is 11.1 Å². The number of nitrogens with zero attached hydrogens (tertiary/aromatic N) is 1. The van der Waals surface area contributed by atoms with Crippen molar-refractivity contribution in [3.05, 3.63) is 32.8 Å². The molecule has 0 radical (unpaired) electrons. The standard InChI is InChI=1S/C11H14ClN3O5S/c1-6(5-21(2,19)20)14-11(16)7-3-8(12)10(13)9(4-7)15(17)18/h3-4,6H,5,13H2,1-2H3,(H,14,16). The van der Waals surface area contributed by atoms with E-state index in [-0.39, 0.29) is 22.0 Å². The number of nitrogen functional groups attached to an aromatic ring is 1. The lowest BCUT2D eigenvalue weighted by atomic mass is 10.1. The third-order valence-electron chi connectivity index (χ3n) is 2.50. The third-order valence-corrected chi connectivity index (χ3v) is 3.92. The molecule has 1 unspecified atom stereocenters. The van der Waals surface area contributed by atoms with Crippen LogP contribution in [-0.4, -0.2) is 37.3 Å². The molecule has 1 aromatic carbocycles. The molecule has 0 fully saturated rings. The van der Waals surface area contributed by atoms with Crippen LogP contribution in [0, 0.1) is 10.1 Å². The van der Waals surface area contributed by atoms with Crippen LogP contribution >= 0.6 is 11.6 Å². The van der Waals surface area contributed by atoms with E-state index in [2.05, 4.69) is 5.32 Å². The average Bonchev–Trinajstić information content (AvgIpc) is 2.29. The van der Waals surface area contributed by atoms with E-state index in [0.717, 1.165) is 12.3 Å². The highest BCUT2D eigenvalue weighted by molar-refractivity contribution is 7.90. The van der Waals surface area contributed by atoms with Crippen molar-refractivity contribution in [3.8, 4) is 0 Å². The first-order valence-electron chi connectivity index (χ1n) is 5.73. The minimum absolute atomic E-state index is 0.0683. The molecule has 0 aliphatic rings. The van der Waals surface area contributed by atoms with Gasteiger partial charge in [-0.25, -0.2) is 8.42 Å². The van der Waals surface area contributed by atoms with E-state index in [1.54, 1.807) is 0 Å². The maximum absolute atomic E-state index is 12.0. The van der Waals surface area contributed by atoms with E-state index < -0.39 is 32.4 Å². The number of nitro benzene ring substituents is 1. The minimum Gasteiger partial charge on any atom is -0.392 e. The number of carbonyl (C=O) groups excluding carboxylic acids is 1. The van der Waals surface area contributed by atoms with Crippen LogP contribution in [0.25, 0.3) is 0 Å². The Kier molecular flexibility index (Phi) is 5.13. The summed E-state index contributed by atoms with van der Waals surface area (Å²) in [6.07, 6.45) is 1.04. The number of anilines is 1. The summed E-state index contributed by atoms with van der Waals surface area (Å²) < 4.78 is 22.2. The second kappa shape index (κ2) is 6.27. The number of carbonyl (C=O) groups is 1. The van der Waals surface area contributed by atoms with E-state index in [4.69, 9.17) is 17.3 Å². The van der Waals surface area contributed by atoms with Gasteiger partial charge in [0.1, 0.15) is 15.5 Å². The molecular formula is C11H14ClN3O5S. The second-order valence-corrected chi connectivity index (χ2v) is 7.21. The second-order valence-electron chi connectivity index (χ2n) is 4.61. The Morgan fingerprint density at radius 1 is 1.52 bits per heavy atom. The fraction of sp³-hybridized carbons (Fsp3) is 0.364. The van der Waals surface area contributed by atoms with E-state index in [0.29, 0.717) is 0 Å². The van der Waals surface area contributed by atoms with Crippen LogP contribution in [0.15, 0.2) is 12.1 Å². The maximum atomic E-state index is 12.0. The van der Waals surface area contributed by atoms with Crippen molar-refractivity contribution in [3.63, 3.8) is 0 Å². The van der Waals surface area contributed by atoms with E-state index in [9.17, 15) is 23.3 Å². The zero-order valence-corrected chi connectivity index (χ0v) is 12.9. The number of sulfone groups is 1. The highest BCUT2D eigenvalue weighted by Crippen LogP contribution is 2.30. The Morgan fingerprint density at radius 3 is 2.57 bits per heavy atom.